The lowest BCUT2D eigenvalue weighted by atomic mass is 10.2. The molecule has 0 aliphatic heterocycles. The summed E-state index contributed by atoms with van der Waals surface area (Å²) in [5.41, 5.74) is 0.344. The van der Waals surface area contributed by atoms with Crippen LogP contribution in [0.15, 0.2) is 30.9 Å². The summed E-state index contributed by atoms with van der Waals surface area (Å²) in [6.07, 6.45) is 1.09. The van der Waals surface area contributed by atoms with E-state index in [1.807, 2.05) is 0 Å². The molecule has 0 spiro atoms. The minimum atomic E-state index is -0.570. The highest BCUT2D eigenvalue weighted by Gasteiger charge is 2.16. The highest BCUT2D eigenvalue weighted by atomic mass is 35.5. The second-order valence-corrected chi connectivity index (χ2v) is 5.15. The predicted octanol–water partition coefficient (Wildman–Crippen LogP) is 3.02. The molecule has 0 aliphatic carbocycles. The molecule has 1 amide bonds. The summed E-state index contributed by atoms with van der Waals surface area (Å²) in [6.45, 7) is 5.18. The maximum absolute atomic E-state index is 12.1. The molecule has 1 aromatic rings. The number of carbonyl (C=O) groups is 1. The van der Waals surface area contributed by atoms with Gasteiger partial charge in [0, 0.05) is 22.0 Å². The van der Waals surface area contributed by atoms with E-state index in [1.165, 1.54) is 12.1 Å². The van der Waals surface area contributed by atoms with Crippen molar-refractivity contribution in [3.05, 3.63) is 46.5 Å². The van der Waals surface area contributed by atoms with Gasteiger partial charge in [0.1, 0.15) is 6.23 Å². The van der Waals surface area contributed by atoms with Gasteiger partial charge in [0.15, 0.2) is 0 Å². The molecule has 0 aromatic heterocycles. The standard InChI is InChI=1S/C14H17Cl2NO3/c1-3-4-13(20-9(2)8-18)17-14(19)10-5-11(15)7-12(16)6-10/h3,5-7,9,13,18H,1,4,8H2,2H3,(H,17,19)/t9-,13?/m1/s1. The maximum atomic E-state index is 12.1. The van der Waals surface area contributed by atoms with Crippen LogP contribution >= 0.6 is 23.2 Å². The Labute approximate surface area is 128 Å². The molecule has 0 fully saturated rings. The van der Waals surface area contributed by atoms with Crippen LogP contribution in [0.5, 0.6) is 0 Å². The predicted molar refractivity (Wildman–Crippen MR) is 80.2 cm³/mol. The van der Waals surface area contributed by atoms with E-state index in [-0.39, 0.29) is 18.6 Å². The van der Waals surface area contributed by atoms with Gasteiger partial charge in [-0.1, -0.05) is 29.3 Å². The Hall–Kier alpha value is -1.07. The molecule has 4 nitrogen and oxygen atoms in total. The zero-order valence-corrected chi connectivity index (χ0v) is 12.6. The highest BCUT2D eigenvalue weighted by molar-refractivity contribution is 6.35. The molecule has 1 unspecified atom stereocenters. The van der Waals surface area contributed by atoms with Crippen LogP contribution in [0.25, 0.3) is 0 Å². The molecule has 6 heteroatoms. The minimum Gasteiger partial charge on any atom is -0.394 e. The highest BCUT2D eigenvalue weighted by Crippen LogP contribution is 2.19. The summed E-state index contributed by atoms with van der Waals surface area (Å²) in [4.78, 5) is 12.1. The second-order valence-electron chi connectivity index (χ2n) is 4.27. The Morgan fingerprint density at radius 2 is 2.05 bits per heavy atom. The van der Waals surface area contributed by atoms with Gasteiger partial charge in [-0.3, -0.25) is 4.79 Å². The summed E-state index contributed by atoms with van der Waals surface area (Å²) in [5.74, 6) is -0.355. The van der Waals surface area contributed by atoms with E-state index in [0.717, 1.165) is 0 Å². The SMILES string of the molecule is C=CCC(NC(=O)c1cc(Cl)cc(Cl)c1)O[C@H](C)CO. The average molecular weight is 318 g/mol. The summed E-state index contributed by atoms with van der Waals surface area (Å²) >= 11 is 11.7. The Bertz CT molecular complexity index is 459. The van der Waals surface area contributed by atoms with Crippen molar-refractivity contribution in [2.24, 2.45) is 0 Å². The van der Waals surface area contributed by atoms with Gasteiger partial charge in [0.2, 0.25) is 0 Å². The fourth-order valence-corrected chi connectivity index (χ4v) is 2.06. The number of nitrogens with one attached hydrogen (secondary N) is 1. The molecular weight excluding hydrogens is 301 g/mol. The topological polar surface area (TPSA) is 58.6 Å². The normalized spacial score (nSPS) is 13.6. The van der Waals surface area contributed by atoms with Crippen molar-refractivity contribution in [3.8, 4) is 0 Å². The van der Waals surface area contributed by atoms with Crippen LogP contribution in [0, 0.1) is 0 Å². The van der Waals surface area contributed by atoms with Crippen molar-refractivity contribution in [2.75, 3.05) is 6.61 Å². The van der Waals surface area contributed by atoms with Gasteiger partial charge in [-0.2, -0.15) is 0 Å². The molecule has 1 aromatic carbocycles. The Balaban J connectivity index is 2.76. The molecule has 1 rings (SSSR count). The molecule has 0 aliphatic rings. The van der Waals surface area contributed by atoms with Crippen LogP contribution in [0.4, 0.5) is 0 Å². The van der Waals surface area contributed by atoms with E-state index >= 15 is 0 Å². The van der Waals surface area contributed by atoms with Gasteiger partial charge < -0.3 is 15.2 Å². The van der Waals surface area contributed by atoms with Crippen LogP contribution in [0.3, 0.4) is 0 Å². The zero-order chi connectivity index (χ0) is 15.1. The molecule has 20 heavy (non-hydrogen) atoms. The van der Waals surface area contributed by atoms with Crippen LogP contribution in [0.1, 0.15) is 23.7 Å². The molecule has 0 saturated carbocycles. The first-order chi connectivity index (χ1) is 9.46. The molecule has 0 heterocycles. The fourth-order valence-electron chi connectivity index (χ4n) is 1.54. The third kappa shape index (κ3) is 5.51. The lowest BCUT2D eigenvalue weighted by Gasteiger charge is -2.21. The lowest BCUT2D eigenvalue weighted by Crippen LogP contribution is -2.39. The number of aliphatic hydroxyl groups is 1. The van der Waals surface area contributed by atoms with Gasteiger partial charge in [0.25, 0.3) is 5.91 Å². The summed E-state index contributed by atoms with van der Waals surface area (Å²) in [6, 6.07) is 4.58. The first-order valence-corrected chi connectivity index (χ1v) is 6.86. The fraction of sp³-hybridized carbons (Fsp3) is 0.357. The average Bonchev–Trinajstić information content (AvgIpc) is 2.37. The van der Waals surface area contributed by atoms with E-state index in [4.69, 9.17) is 33.0 Å². The number of halogens is 2. The molecular formula is C14H17Cl2NO3. The second kappa shape index (κ2) is 8.27. The van der Waals surface area contributed by atoms with E-state index in [9.17, 15) is 4.79 Å². The maximum Gasteiger partial charge on any atom is 0.253 e. The van der Waals surface area contributed by atoms with Crippen molar-refractivity contribution in [1.82, 2.24) is 5.32 Å². The number of rotatable bonds is 7. The summed E-state index contributed by atoms with van der Waals surface area (Å²) in [5, 5.41) is 12.4. The van der Waals surface area contributed by atoms with Gasteiger partial charge in [-0.25, -0.2) is 0 Å². The third-order valence-electron chi connectivity index (χ3n) is 2.45. The van der Waals surface area contributed by atoms with Crippen LogP contribution < -0.4 is 5.32 Å². The first kappa shape index (κ1) is 17.0. The van der Waals surface area contributed by atoms with E-state index < -0.39 is 6.23 Å². The van der Waals surface area contributed by atoms with Crippen LogP contribution in [-0.4, -0.2) is 30.0 Å². The number of hydrogen-bond acceptors (Lipinski definition) is 3. The molecule has 2 N–H and O–H groups in total. The Morgan fingerprint density at radius 1 is 1.45 bits per heavy atom. The monoisotopic (exact) mass is 317 g/mol. The molecule has 0 radical (unpaired) electrons. The minimum absolute atomic E-state index is 0.132. The molecule has 0 bridgehead atoms. The summed E-state index contributed by atoms with van der Waals surface area (Å²) < 4.78 is 5.47. The van der Waals surface area contributed by atoms with Gasteiger partial charge >= 0.3 is 0 Å². The Kier molecular flexibility index (Phi) is 7.02. The number of amides is 1. The quantitative estimate of drug-likeness (QED) is 0.600. The van der Waals surface area contributed by atoms with E-state index in [1.54, 1.807) is 19.1 Å². The number of aliphatic hydroxyl groups excluding tert-OH is 1. The molecule has 0 saturated heterocycles. The lowest BCUT2D eigenvalue weighted by molar-refractivity contribution is -0.0391. The number of benzene rings is 1. The van der Waals surface area contributed by atoms with Gasteiger partial charge in [0.05, 0.1) is 12.7 Å². The van der Waals surface area contributed by atoms with Crippen LogP contribution in [0.2, 0.25) is 10.0 Å². The first-order valence-electron chi connectivity index (χ1n) is 6.10. The zero-order valence-electron chi connectivity index (χ0n) is 11.1. The van der Waals surface area contributed by atoms with Gasteiger partial charge in [-0.15, -0.1) is 6.58 Å². The molecule has 2 atom stereocenters. The van der Waals surface area contributed by atoms with Crippen molar-refractivity contribution in [1.29, 1.82) is 0 Å². The van der Waals surface area contributed by atoms with Crippen LogP contribution in [-0.2, 0) is 4.74 Å². The number of carbonyl (C=O) groups excluding carboxylic acids is 1. The van der Waals surface area contributed by atoms with Crippen molar-refractivity contribution in [3.63, 3.8) is 0 Å². The van der Waals surface area contributed by atoms with Crippen molar-refractivity contribution in [2.45, 2.75) is 25.7 Å². The summed E-state index contributed by atoms with van der Waals surface area (Å²) in [7, 11) is 0. The third-order valence-corrected chi connectivity index (χ3v) is 2.89. The number of ether oxygens (including phenoxy) is 1. The van der Waals surface area contributed by atoms with E-state index in [0.29, 0.717) is 22.0 Å². The molecule has 110 valence electrons. The van der Waals surface area contributed by atoms with Gasteiger partial charge in [-0.05, 0) is 25.1 Å². The van der Waals surface area contributed by atoms with Crippen molar-refractivity contribution < 1.29 is 14.6 Å². The Morgan fingerprint density at radius 3 is 2.55 bits per heavy atom. The van der Waals surface area contributed by atoms with Crippen molar-refractivity contribution >= 4 is 29.1 Å². The largest absolute Gasteiger partial charge is 0.394 e. The van der Waals surface area contributed by atoms with E-state index in [2.05, 4.69) is 11.9 Å². The number of hydrogen-bond donors (Lipinski definition) is 2. The smallest absolute Gasteiger partial charge is 0.253 e.